The minimum Gasteiger partial charge on any atom is -0.370 e. The minimum absolute atomic E-state index is 0.0988. The van der Waals surface area contributed by atoms with E-state index in [1.54, 1.807) is 12.1 Å². The largest absolute Gasteiger partial charge is 0.370 e. The van der Waals surface area contributed by atoms with Crippen LogP contribution in [-0.4, -0.2) is 45.3 Å². The Morgan fingerprint density at radius 3 is 2.50 bits per heavy atom. The summed E-state index contributed by atoms with van der Waals surface area (Å²) in [5, 5.41) is 3.27. The van der Waals surface area contributed by atoms with E-state index in [1.807, 2.05) is 6.07 Å². The zero-order valence-electron chi connectivity index (χ0n) is 15.3. The number of nitrogens with one attached hydrogen (secondary N) is 1. The van der Waals surface area contributed by atoms with Gasteiger partial charge in [-0.2, -0.15) is 4.31 Å². The summed E-state index contributed by atoms with van der Waals surface area (Å²) < 4.78 is 26.4. The fourth-order valence-corrected chi connectivity index (χ4v) is 6.17. The van der Waals surface area contributed by atoms with Gasteiger partial charge in [-0.25, -0.2) is 8.42 Å². The summed E-state index contributed by atoms with van der Waals surface area (Å²) in [7, 11) is -2.40. The monoisotopic (exact) mass is 461 g/mol. The summed E-state index contributed by atoms with van der Waals surface area (Å²) in [6.45, 7) is 1.63. The number of sulfonamides is 1. The molecule has 0 bridgehead atoms. The van der Waals surface area contributed by atoms with Gasteiger partial charge in [-0.05, 0) is 49.6 Å². The topological polar surface area (TPSA) is 69.7 Å². The number of carbonyl (C=O) groups is 1. The van der Waals surface area contributed by atoms with Gasteiger partial charge in [0.25, 0.3) is 10.0 Å². The Morgan fingerprint density at radius 1 is 1.18 bits per heavy atom. The summed E-state index contributed by atoms with van der Waals surface area (Å²) in [6, 6.07) is 8.30. The van der Waals surface area contributed by atoms with E-state index in [-0.39, 0.29) is 10.8 Å². The van der Waals surface area contributed by atoms with Crippen LogP contribution in [0.1, 0.15) is 19.3 Å². The summed E-state index contributed by atoms with van der Waals surface area (Å²) in [6.07, 6.45) is 3.52. The average molecular weight is 462 g/mol. The van der Waals surface area contributed by atoms with E-state index in [9.17, 15) is 13.2 Å². The van der Waals surface area contributed by atoms with Gasteiger partial charge in [0.1, 0.15) is 4.21 Å². The first-order valence-electron chi connectivity index (χ1n) is 8.83. The van der Waals surface area contributed by atoms with E-state index in [4.69, 9.17) is 23.2 Å². The van der Waals surface area contributed by atoms with E-state index >= 15 is 0 Å². The smallest absolute Gasteiger partial charge is 0.252 e. The number of hydrogen-bond donors (Lipinski definition) is 1. The van der Waals surface area contributed by atoms with Gasteiger partial charge in [-0.15, -0.1) is 11.3 Å². The second-order valence-electron chi connectivity index (χ2n) is 6.58. The van der Waals surface area contributed by atoms with Gasteiger partial charge in [0.2, 0.25) is 5.91 Å². The highest BCUT2D eigenvalue weighted by molar-refractivity contribution is 7.91. The molecule has 1 amide bonds. The van der Waals surface area contributed by atoms with Crippen LogP contribution in [0, 0.1) is 0 Å². The molecule has 0 aliphatic carbocycles. The first-order valence-corrected chi connectivity index (χ1v) is 11.8. The van der Waals surface area contributed by atoms with Crippen LogP contribution in [0.3, 0.4) is 0 Å². The molecule has 0 unspecified atom stereocenters. The van der Waals surface area contributed by atoms with Crippen molar-refractivity contribution >= 4 is 61.8 Å². The van der Waals surface area contributed by atoms with Gasteiger partial charge in [-0.1, -0.05) is 23.2 Å². The van der Waals surface area contributed by atoms with E-state index < -0.39 is 15.9 Å². The number of amides is 1. The average Bonchev–Trinajstić information content (AvgIpc) is 3.09. The van der Waals surface area contributed by atoms with Crippen LogP contribution in [0.2, 0.25) is 9.36 Å². The van der Waals surface area contributed by atoms with Crippen molar-refractivity contribution < 1.29 is 13.2 Å². The standard InChI is InChI=1S/C18H21Cl2N3O3S2/c1-22(28(25,26)18-8-7-16(20)27-18)12-17(24)21-13-5-6-15(14(19)11-13)23-9-3-2-4-10-23/h5-8,11H,2-4,9-10,12H2,1H3,(H,21,24). The van der Waals surface area contributed by atoms with Gasteiger partial charge < -0.3 is 10.2 Å². The third-order valence-electron chi connectivity index (χ3n) is 4.51. The number of halogens is 2. The lowest BCUT2D eigenvalue weighted by atomic mass is 10.1. The van der Waals surface area contributed by atoms with Crippen LogP contribution >= 0.6 is 34.5 Å². The Balaban J connectivity index is 1.63. The molecule has 0 saturated carbocycles. The second-order valence-corrected chi connectivity index (χ2v) is 11.0. The van der Waals surface area contributed by atoms with E-state index in [0.717, 1.165) is 47.3 Å². The number of likely N-dealkylation sites (N-methyl/N-ethyl adjacent to an activating group) is 1. The predicted octanol–water partition coefficient (Wildman–Crippen LogP) is 4.30. The molecule has 2 aromatic rings. The third-order valence-corrected chi connectivity index (χ3v) is 8.31. The molecule has 28 heavy (non-hydrogen) atoms. The molecule has 1 fully saturated rings. The SMILES string of the molecule is CN(CC(=O)Nc1ccc(N2CCCCC2)c(Cl)c1)S(=O)(=O)c1ccc(Cl)s1. The lowest BCUT2D eigenvalue weighted by molar-refractivity contribution is -0.116. The van der Waals surface area contributed by atoms with Crippen LogP contribution < -0.4 is 10.2 Å². The molecule has 0 spiro atoms. The van der Waals surface area contributed by atoms with Crippen LogP contribution in [0.5, 0.6) is 0 Å². The van der Waals surface area contributed by atoms with Gasteiger partial charge >= 0.3 is 0 Å². The van der Waals surface area contributed by atoms with Gasteiger partial charge in [-0.3, -0.25) is 4.79 Å². The molecule has 1 N–H and O–H groups in total. The first kappa shape index (κ1) is 21.4. The number of rotatable bonds is 6. The van der Waals surface area contributed by atoms with Crippen molar-refractivity contribution in [1.29, 1.82) is 0 Å². The molecule has 6 nitrogen and oxygen atoms in total. The molecule has 1 aromatic heterocycles. The Hall–Kier alpha value is -1.32. The van der Waals surface area contributed by atoms with Crippen LogP contribution in [0.25, 0.3) is 0 Å². The van der Waals surface area contributed by atoms with Gasteiger partial charge in [0.05, 0.1) is 21.6 Å². The molecular weight excluding hydrogens is 441 g/mol. The normalized spacial score (nSPS) is 15.1. The summed E-state index contributed by atoms with van der Waals surface area (Å²) in [4.78, 5) is 14.6. The van der Waals surface area contributed by atoms with E-state index in [2.05, 4.69) is 10.2 Å². The van der Waals surface area contributed by atoms with Crippen molar-refractivity contribution in [3.63, 3.8) is 0 Å². The molecule has 2 heterocycles. The lowest BCUT2D eigenvalue weighted by Gasteiger charge is -2.29. The highest BCUT2D eigenvalue weighted by Crippen LogP contribution is 2.31. The summed E-state index contributed by atoms with van der Waals surface area (Å²) >= 11 is 13.2. The minimum atomic E-state index is -3.76. The number of hydrogen-bond acceptors (Lipinski definition) is 5. The highest BCUT2D eigenvalue weighted by atomic mass is 35.5. The van der Waals surface area contributed by atoms with Gasteiger partial charge in [0.15, 0.2) is 0 Å². The first-order chi connectivity index (χ1) is 13.3. The summed E-state index contributed by atoms with van der Waals surface area (Å²) in [5.74, 6) is -0.449. The number of carbonyl (C=O) groups excluding carboxylic acids is 1. The van der Waals surface area contributed by atoms with Crippen LogP contribution in [-0.2, 0) is 14.8 Å². The van der Waals surface area contributed by atoms with Crippen molar-refractivity contribution in [3.05, 3.63) is 39.7 Å². The molecule has 1 saturated heterocycles. The Morgan fingerprint density at radius 2 is 1.89 bits per heavy atom. The zero-order valence-corrected chi connectivity index (χ0v) is 18.5. The number of piperidine rings is 1. The van der Waals surface area contributed by atoms with Crippen molar-refractivity contribution in [3.8, 4) is 0 Å². The molecule has 1 aliphatic rings. The fourth-order valence-electron chi connectivity index (χ4n) is 3.05. The van der Waals surface area contributed by atoms with E-state index in [1.165, 1.54) is 25.6 Å². The van der Waals surface area contributed by atoms with Crippen molar-refractivity contribution in [2.45, 2.75) is 23.5 Å². The molecule has 3 rings (SSSR count). The van der Waals surface area contributed by atoms with Crippen molar-refractivity contribution in [2.75, 3.05) is 36.9 Å². The molecule has 0 radical (unpaired) electrons. The van der Waals surface area contributed by atoms with Crippen LogP contribution in [0.4, 0.5) is 11.4 Å². The Labute approximate surface area is 179 Å². The highest BCUT2D eigenvalue weighted by Gasteiger charge is 2.25. The third kappa shape index (κ3) is 4.99. The molecule has 1 aliphatic heterocycles. The predicted molar refractivity (Wildman–Crippen MR) is 115 cm³/mol. The van der Waals surface area contributed by atoms with Crippen molar-refractivity contribution in [1.82, 2.24) is 4.31 Å². The maximum Gasteiger partial charge on any atom is 0.252 e. The summed E-state index contributed by atoms with van der Waals surface area (Å²) in [5.41, 5.74) is 1.48. The quantitative estimate of drug-likeness (QED) is 0.695. The number of benzene rings is 1. The van der Waals surface area contributed by atoms with Crippen molar-refractivity contribution in [2.24, 2.45) is 0 Å². The Bertz CT molecular complexity index is 957. The number of anilines is 2. The fraction of sp³-hybridized carbons (Fsp3) is 0.389. The van der Waals surface area contributed by atoms with Gasteiger partial charge in [0, 0.05) is 25.8 Å². The molecule has 10 heteroatoms. The maximum absolute atomic E-state index is 12.5. The number of nitrogens with zero attached hydrogens (tertiary/aromatic N) is 2. The zero-order chi connectivity index (χ0) is 20.3. The molecule has 152 valence electrons. The van der Waals surface area contributed by atoms with Crippen LogP contribution in [0.15, 0.2) is 34.5 Å². The second kappa shape index (κ2) is 9.00. The van der Waals surface area contributed by atoms with E-state index in [0.29, 0.717) is 15.0 Å². The maximum atomic E-state index is 12.5. The molecule has 0 atom stereocenters. The number of thiophene rings is 1. The molecule has 1 aromatic carbocycles. The lowest BCUT2D eigenvalue weighted by Crippen LogP contribution is -2.34. The Kier molecular flexibility index (Phi) is 6.88. The molecular formula is C18H21Cl2N3O3S2.